The van der Waals surface area contributed by atoms with Crippen LogP contribution in [0.1, 0.15) is 25.6 Å². The van der Waals surface area contributed by atoms with Gasteiger partial charge < -0.3 is 14.8 Å². The first kappa shape index (κ1) is 11.3. The quantitative estimate of drug-likeness (QED) is 0.623. The standard InChI is InChI=1S/C10H17N5S/c1-2-3-4-11-10(16)14-5-6-15-8-12-13-9(15)7-14/h8H,2-7H2,1H3,(H,11,16). The second-order valence-electron chi connectivity index (χ2n) is 3.95. The molecule has 2 rings (SSSR count). The molecule has 0 radical (unpaired) electrons. The Labute approximate surface area is 101 Å². The first-order chi connectivity index (χ1) is 7.81. The lowest BCUT2D eigenvalue weighted by molar-refractivity contribution is 0.325. The zero-order valence-corrected chi connectivity index (χ0v) is 10.3. The molecule has 1 aromatic rings. The van der Waals surface area contributed by atoms with Crippen LogP contribution < -0.4 is 5.32 Å². The fraction of sp³-hybridized carbons (Fsp3) is 0.700. The van der Waals surface area contributed by atoms with Gasteiger partial charge in [-0.1, -0.05) is 13.3 Å². The summed E-state index contributed by atoms with van der Waals surface area (Å²) in [5, 5.41) is 12.1. The molecule has 6 heteroatoms. The van der Waals surface area contributed by atoms with E-state index in [0.29, 0.717) is 0 Å². The number of fused-ring (bicyclic) bond motifs is 1. The molecular formula is C10H17N5S. The summed E-state index contributed by atoms with van der Waals surface area (Å²) in [5.41, 5.74) is 0. The van der Waals surface area contributed by atoms with E-state index in [9.17, 15) is 0 Å². The molecule has 0 spiro atoms. The SMILES string of the molecule is CCCCNC(=S)N1CCn2cnnc2C1. The third-order valence-corrected chi connectivity index (χ3v) is 3.14. The molecule has 0 saturated heterocycles. The van der Waals surface area contributed by atoms with Crippen molar-refractivity contribution in [3.8, 4) is 0 Å². The van der Waals surface area contributed by atoms with Gasteiger partial charge >= 0.3 is 0 Å². The zero-order chi connectivity index (χ0) is 11.4. The average Bonchev–Trinajstić information content (AvgIpc) is 2.76. The van der Waals surface area contributed by atoms with E-state index in [4.69, 9.17) is 12.2 Å². The van der Waals surface area contributed by atoms with Gasteiger partial charge in [-0.25, -0.2) is 0 Å². The van der Waals surface area contributed by atoms with Gasteiger partial charge in [-0.3, -0.25) is 0 Å². The van der Waals surface area contributed by atoms with Gasteiger partial charge in [0, 0.05) is 19.6 Å². The van der Waals surface area contributed by atoms with Crippen LogP contribution in [0.2, 0.25) is 0 Å². The van der Waals surface area contributed by atoms with Crippen molar-refractivity contribution in [3.63, 3.8) is 0 Å². The Morgan fingerprint density at radius 2 is 2.44 bits per heavy atom. The van der Waals surface area contributed by atoms with Gasteiger partial charge in [0.2, 0.25) is 0 Å². The van der Waals surface area contributed by atoms with Crippen molar-refractivity contribution >= 4 is 17.3 Å². The highest BCUT2D eigenvalue weighted by atomic mass is 32.1. The third kappa shape index (κ3) is 2.49. The predicted molar refractivity (Wildman–Crippen MR) is 65.9 cm³/mol. The Morgan fingerprint density at radius 3 is 3.25 bits per heavy atom. The van der Waals surface area contributed by atoms with Crippen molar-refractivity contribution in [3.05, 3.63) is 12.2 Å². The molecule has 0 bridgehead atoms. The minimum atomic E-state index is 0.762. The fourth-order valence-corrected chi connectivity index (χ4v) is 1.98. The molecule has 0 aliphatic carbocycles. The number of aromatic nitrogens is 3. The summed E-state index contributed by atoms with van der Waals surface area (Å²) in [6, 6.07) is 0. The van der Waals surface area contributed by atoms with Crippen LogP contribution in [-0.2, 0) is 13.1 Å². The molecule has 1 aliphatic heterocycles. The molecule has 0 fully saturated rings. The van der Waals surface area contributed by atoms with Crippen molar-refractivity contribution in [1.82, 2.24) is 25.0 Å². The Bertz CT molecular complexity index is 362. The van der Waals surface area contributed by atoms with Crippen LogP contribution in [0.5, 0.6) is 0 Å². The van der Waals surface area contributed by atoms with Crippen molar-refractivity contribution in [2.24, 2.45) is 0 Å². The minimum Gasteiger partial charge on any atom is -0.363 e. The zero-order valence-electron chi connectivity index (χ0n) is 9.52. The smallest absolute Gasteiger partial charge is 0.169 e. The van der Waals surface area contributed by atoms with Gasteiger partial charge in [0.1, 0.15) is 6.33 Å². The molecule has 1 aliphatic rings. The second kappa shape index (κ2) is 5.25. The van der Waals surface area contributed by atoms with E-state index in [1.807, 2.05) is 0 Å². The van der Waals surface area contributed by atoms with E-state index in [1.54, 1.807) is 6.33 Å². The van der Waals surface area contributed by atoms with Crippen LogP contribution in [0.15, 0.2) is 6.33 Å². The Morgan fingerprint density at radius 1 is 1.56 bits per heavy atom. The number of nitrogens with one attached hydrogen (secondary N) is 1. The van der Waals surface area contributed by atoms with Crippen molar-refractivity contribution in [1.29, 1.82) is 0 Å². The second-order valence-corrected chi connectivity index (χ2v) is 4.33. The number of hydrogen-bond donors (Lipinski definition) is 1. The molecule has 88 valence electrons. The molecule has 0 unspecified atom stereocenters. The molecule has 0 atom stereocenters. The monoisotopic (exact) mass is 239 g/mol. The van der Waals surface area contributed by atoms with Crippen LogP contribution in [-0.4, -0.2) is 37.9 Å². The van der Waals surface area contributed by atoms with Crippen LogP contribution in [0.25, 0.3) is 0 Å². The molecule has 0 saturated carbocycles. The number of unbranched alkanes of at least 4 members (excludes halogenated alkanes) is 1. The van der Waals surface area contributed by atoms with Gasteiger partial charge in [0.15, 0.2) is 10.9 Å². The summed E-state index contributed by atoms with van der Waals surface area (Å²) < 4.78 is 2.07. The van der Waals surface area contributed by atoms with E-state index in [2.05, 4.69) is 31.9 Å². The molecule has 16 heavy (non-hydrogen) atoms. The maximum Gasteiger partial charge on any atom is 0.169 e. The van der Waals surface area contributed by atoms with Crippen molar-refractivity contribution in [2.75, 3.05) is 13.1 Å². The summed E-state index contributed by atoms with van der Waals surface area (Å²) in [6.45, 7) is 5.74. The lowest BCUT2D eigenvalue weighted by atomic mass is 10.3. The highest BCUT2D eigenvalue weighted by Gasteiger charge is 2.18. The largest absolute Gasteiger partial charge is 0.363 e. The van der Waals surface area contributed by atoms with E-state index >= 15 is 0 Å². The van der Waals surface area contributed by atoms with Gasteiger partial charge in [-0.05, 0) is 18.6 Å². The summed E-state index contributed by atoms with van der Waals surface area (Å²) >= 11 is 5.35. The first-order valence-electron chi connectivity index (χ1n) is 5.70. The Hall–Kier alpha value is -1.17. The number of rotatable bonds is 3. The number of thiocarbonyl (C=S) groups is 1. The minimum absolute atomic E-state index is 0.762. The van der Waals surface area contributed by atoms with Crippen LogP contribution in [0, 0.1) is 0 Å². The lowest BCUT2D eigenvalue weighted by Gasteiger charge is -2.29. The third-order valence-electron chi connectivity index (χ3n) is 2.73. The first-order valence-corrected chi connectivity index (χ1v) is 6.11. The van der Waals surface area contributed by atoms with E-state index in [1.165, 1.54) is 6.42 Å². The summed E-state index contributed by atoms with van der Waals surface area (Å²) in [7, 11) is 0. The van der Waals surface area contributed by atoms with E-state index in [-0.39, 0.29) is 0 Å². The maximum absolute atomic E-state index is 5.35. The van der Waals surface area contributed by atoms with Crippen LogP contribution in [0.3, 0.4) is 0 Å². The van der Waals surface area contributed by atoms with E-state index in [0.717, 1.165) is 43.5 Å². The van der Waals surface area contributed by atoms with Crippen LogP contribution in [0.4, 0.5) is 0 Å². The highest BCUT2D eigenvalue weighted by molar-refractivity contribution is 7.80. The summed E-state index contributed by atoms with van der Waals surface area (Å²) in [4.78, 5) is 2.15. The summed E-state index contributed by atoms with van der Waals surface area (Å²) in [6.07, 6.45) is 4.12. The fourth-order valence-electron chi connectivity index (χ4n) is 1.72. The van der Waals surface area contributed by atoms with Crippen molar-refractivity contribution < 1.29 is 0 Å². The van der Waals surface area contributed by atoms with Gasteiger partial charge in [-0.15, -0.1) is 10.2 Å². The number of nitrogens with zero attached hydrogens (tertiary/aromatic N) is 4. The van der Waals surface area contributed by atoms with E-state index < -0.39 is 0 Å². The van der Waals surface area contributed by atoms with Gasteiger partial charge in [0.05, 0.1) is 6.54 Å². The van der Waals surface area contributed by atoms with Crippen LogP contribution >= 0.6 is 12.2 Å². The molecule has 5 nitrogen and oxygen atoms in total. The molecule has 1 aromatic heterocycles. The molecule has 0 aromatic carbocycles. The number of hydrogen-bond acceptors (Lipinski definition) is 3. The highest BCUT2D eigenvalue weighted by Crippen LogP contribution is 2.08. The summed E-state index contributed by atoms with van der Waals surface area (Å²) in [5.74, 6) is 0.992. The average molecular weight is 239 g/mol. The van der Waals surface area contributed by atoms with Gasteiger partial charge in [0.25, 0.3) is 0 Å². The molecule has 2 heterocycles. The molecular weight excluding hydrogens is 222 g/mol. The normalized spacial score (nSPS) is 14.7. The Balaban J connectivity index is 1.86. The van der Waals surface area contributed by atoms with Crippen molar-refractivity contribution in [2.45, 2.75) is 32.9 Å². The predicted octanol–water partition coefficient (Wildman–Crippen LogP) is 0.768. The molecule has 0 amide bonds. The molecule has 1 N–H and O–H groups in total. The topological polar surface area (TPSA) is 46.0 Å². The van der Waals surface area contributed by atoms with Gasteiger partial charge in [-0.2, -0.15) is 0 Å². The maximum atomic E-state index is 5.35. The Kier molecular flexibility index (Phi) is 3.71. The lowest BCUT2D eigenvalue weighted by Crippen LogP contribution is -2.44.